The van der Waals surface area contributed by atoms with Gasteiger partial charge in [-0.3, -0.25) is 14.9 Å². The van der Waals surface area contributed by atoms with Crippen molar-refractivity contribution in [1.82, 2.24) is 4.98 Å². The number of halogens is 2. The molecule has 2 rings (SSSR count). The molecule has 0 unspecified atom stereocenters. The van der Waals surface area contributed by atoms with E-state index in [2.05, 4.69) is 26.2 Å². The van der Waals surface area contributed by atoms with Crippen LogP contribution >= 0.6 is 27.5 Å². The van der Waals surface area contributed by atoms with Gasteiger partial charge in [0.1, 0.15) is 10.8 Å². The Bertz CT molecular complexity index is 676. The van der Waals surface area contributed by atoms with E-state index in [1.165, 1.54) is 18.3 Å². The summed E-state index contributed by atoms with van der Waals surface area (Å²) < 4.78 is 0.776. The number of nitrogens with one attached hydrogen (secondary N) is 1. The zero-order chi connectivity index (χ0) is 14.7. The summed E-state index contributed by atoms with van der Waals surface area (Å²) in [5, 5.41) is 13.3. The molecule has 6 nitrogen and oxygen atoms in total. The molecule has 0 aliphatic heterocycles. The molecule has 20 heavy (non-hydrogen) atoms. The Morgan fingerprint density at radius 2 is 2.10 bits per heavy atom. The molecule has 0 radical (unpaired) electrons. The molecule has 1 N–H and O–H groups in total. The van der Waals surface area contributed by atoms with E-state index >= 15 is 0 Å². The molecule has 0 saturated heterocycles. The number of pyridine rings is 1. The third-order valence-electron chi connectivity index (χ3n) is 2.37. The van der Waals surface area contributed by atoms with Crippen LogP contribution in [0.15, 0.2) is 41.0 Å². The van der Waals surface area contributed by atoms with Gasteiger partial charge in [0.25, 0.3) is 11.6 Å². The number of hydrogen-bond donors (Lipinski definition) is 1. The summed E-state index contributed by atoms with van der Waals surface area (Å²) in [5.74, 6) is -0.157. The van der Waals surface area contributed by atoms with Crippen molar-refractivity contribution in [2.45, 2.75) is 0 Å². The Hall–Kier alpha value is -1.99. The molecule has 1 amide bonds. The lowest BCUT2D eigenvalue weighted by atomic mass is 10.2. The second kappa shape index (κ2) is 5.98. The van der Waals surface area contributed by atoms with Crippen molar-refractivity contribution < 1.29 is 9.72 Å². The molecule has 8 heteroatoms. The van der Waals surface area contributed by atoms with Crippen LogP contribution < -0.4 is 5.32 Å². The molecule has 0 aliphatic carbocycles. The molecule has 0 aliphatic rings. The van der Waals surface area contributed by atoms with E-state index in [1.807, 2.05) is 0 Å². The van der Waals surface area contributed by atoms with Crippen molar-refractivity contribution in [1.29, 1.82) is 0 Å². The van der Waals surface area contributed by atoms with Gasteiger partial charge in [-0.15, -0.1) is 0 Å². The summed E-state index contributed by atoms with van der Waals surface area (Å²) in [4.78, 5) is 26.1. The number of carbonyl (C=O) groups is 1. The van der Waals surface area contributed by atoms with Crippen LogP contribution in [-0.2, 0) is 0 Å². The number of nitro benzene ring substituents is 1. The van der Waals surface area contributed by atoms with Crippen molar-refractivity contribution >= 4 is 44.9 Å². The predicted octanol–water partition coefficient (Wildman–Crippen LogP) is 3.66. The number of hydrogen-bond acceptors (Lipinski definition) is 4. The van der Waals surface area contributed by atoms with Gasteiger partial charge >= 0.3 is 0 Å². The average Bonchev–Trinajstić information content (AvgIpc) is 2.41. The van der Waals surface area contributed by atoms with Gasteiger partial charge in [0.2, 0.25) is 0 Å². The first kappa shape index (κ1) is 14.4. The summed E-state index contributed by atoms with van der Waals surface area (Å²) in [6, 6.07) is 7.16. The fourth-order valence-corrected chi connectivity index (χ4v) is 1.85. The van der Waals surface area contributed by atoms with Crippen LogP contribution in [0.4, 0.5) is 11.5 Å². The minimum Gasteiger partial charge on any atom is -0.307 e. The van der Waals surface area contributed by atoms with Gasteiger partial charge in [-0.2, -0.15) is 0 Å². The van der Waals surface area contributed by atoms with E-state index in [9.17, 15) is 14.9 Å². The van der Waals surface area contributed by atoms with E-state index in [-0.39, 0.29) is 16.3 Å². The molecular weight excluding hydrogens is 350 g/mol. The highest BCUT2D eigenvalue weighted by molar-refractivity contribution is 9.10. The zero-order valence-electron chi connectivity index (χ0n) is 9.84. The molecule has 102 valence electrons. The molecule has 0 bridgehead atoms. The topological polar surface area (TPSA) is 85.1 Å². The summed E-state index contributed by atoms with van der Waals surface area (Å²) in [6.07, 6.45) is 1.53. The van der Waals surface area contributed by atoms with Crippen LogP contribution in [0.5, 0.6) is 0 Å². The van der Waals surface area contributed by atoms with Gasteiger partial charge in [0.05, 0.1) is 4.92 Å². The number of rotatable bonds is 3. The molecule has 0 fully saturated rings. The second-order valence-corrected chi connectivity index (χ2v) is 5.06. The van der Waals surface area contributed by atoms with E-state index in [4.69, 9.17) is 11.6 Å². The molecule has 2 aromatic rings. The highest BCUT2D eigenvalue weighted by atomic mass is 79.9. The molecule has 0 spiro atoms. The molecule has 1 aromatic heterocycles. The molecular formula is C12H7BrClN3O3. The molecule has 1 aromatic carbocycles. The van der Waals surface area contributed by atoms with E-state index < -0.39 is 10.8 Å². The van der Waals surface area contributed by atoms with Crippen molar-refractivity contribution in [3.05, 3.63) is 61.7 Å². The van der Waals surface area contributed by atoms with E-state index in [0.29, 0.717) is 5.82 Å². The predicted molar refractivity (Wildman–Crippen MR) is 78.0 cm³/mol. The number of nitrogens with zero attached hydrogens (tertiary/aromatic N) is 2. The van der Waals surface area contributed by atoms with Gasteiger partial charge in [-0.05, 0) is 40.2 Å². The summed E-state index contributed by atoms with van der Waals surface area (Å²) in [7, 11) is 0. The molecule has 1 heterocycles. The first-order valence-electron chi connectivity index (χ1n) is 5.34. The van der Waals surface area contributed by atoms with Crippen LogP contribution in [0, 0.1) is 10.1 Å². The Morgan fingerprint density at radius 1 is 1.35 bits per heavy atom. The van der Waals surface area contributed by atoms with Crippen LogP contribution in [0.3, 0.4) is 0 Å². The molecule has 0 saturated carbocycles. The van der Waals surface area contributed by atoms with Crippen LogP contribution in [0.1, 0.15) is 10.4 Å². The van der Waals surface area contributed by atoms with Gasteiger partial charge in [-0.1, -0.05) is 11.6 Å². The minimum absolute atomic E-state index is 0.0201. The first-order valence-corrected chi connectivity index (χ1v) is 6.51. The Balaban J connectivity index is 2.23. The quantitative estimate of drug-likeness (QED) is 0.672. The van der Waals surface area contributed by atoms with Crippen molar-refractivity contribution in [2.75, 3.05) is 5.32 Å². The lowest BCUT2D eigenvalue weighted by molar-refractivity contribution is -0.384. The standard InChI is InChI=1S/C12H7BrClN3O3/c13-8-2-4-11(15-6-8)16-12(18)7-1-3-9(14)10(5-7)17(19)20/h1-6H,(H,15,16,18). The van der Waals surface area contributed by atoms with Crippen molar-refractivity contribution in [2.24, 2.45) is 0 Å². The summed E-state index contributed by atoms with van der Waals surface area (Å²) in [6.45, 7) is 0. The maximum atomic E-state index is 12.0. The highest BCUT2D eigenvalue weighted by Crippen LogP contribution is 2.25. The number of aromatic nitrogens is 1. The summed E-state index contributed by atoms with van der Waals surface area (Å²) >= 11 is 8.91. The second-order valence-electron chi connectivity index (χ2n) is 3.74. The minimum atomic E-state index is -0.642. The van der Waals surface area contributed by atoms with Gasteiger partial charge in [0.15, 0.2) is 0 Å². The number of nitro groups is 1. The Labute approximate surface area is 127 Å². The zero-order valence-corrected chi connectivity index (χ0v) is 12.2. The van der Waals surface area contributed by atoms with Crippen molar-refractivity contribution in [3.63, 3.8) is 0 Å². The number of carbonyl (C=O) groups excluding carboxylic acids is 1. The number of amides is 1. The first-order chi connectivity index (χ1) is 9.47. The normalized spacial score (nSPS) is 10.1. The van der Waals surface area contributed by atoms with Crippen LogP contribution in [-0.4, -0.2) is 15.8 Å². The Kier molecular flexibility index (Phi) is 4.31. The maximum absolute atomic E-state index is 12.0. The summed E-state index contributed by atoms with van der Waals surface area (Å²) in [5.41, 5.74) is -0.186. The van der Waals surface area contributed by atoms with Gasteiger partial charge in [0, 0.05) is 22.3 Å². The number of anilines is 1. The Morgan fingerprint density at radius 3 is 2.70 bits per heavy atom. The average molecular weight is 357 g/mol. The van der Waals surface area contributed by atoms with Crippen LogP contribution in [0.2, 0.25) is 5.02 Å². The van der Waals surface area contributed by atoms with Crippen LogP contribution in [0.25, 0.3) is 0 Å². The fourth-order valence-electron chi connectivity index (χ4n) is 1.43. The third-order valence-corrected chi connectivity index (χ3v) is 3.16. The number of benzene rings is 1. The largest absolute Gasteiger partial charge is 0.307 e. The smallest absolute Gasteiger partial charge is 0.288 e. The fraction of sp³-hybridized carbons (Fsp3) is 0. The monoisotopic (exact) mass is 355 g/mol. The SMILES string of the molecule is O=C(Nc1ccc(Br)cn1)c1ccc(Cl)c([N+](=O)[O-])c1. The van der Waals surface area contributed by atoms with Gasteiger partial charge < -0.3 is 5.32 Å². The van der Waals surface area contributed by atoms with Crippen molar-refractivity contribution in [3.8, 4) is 0 Å². The lowest BCUT2D eigenvalue weighted by Gasteiger charge is -2.05. The molecule has 0 atom stereocenters. The maximum Gasteiger partial charge on any atom is 0.288 e. The van der Waals surface area contributed by atoms with E-state index in [0.717, 1.165) is 10.5 Å². The van der Waals surface area contributed by atoms with Gasteiger partial charge in [-0.25, -0.2) is 4.98 Å². The highest BCUT2D eigenvalue weighted by Gasteiger charge is 2.16. The third kappa shape index (κ3) is 3.31. The lowest BCUT2D eigenvalue weighted by Crippen LogP contribution is -2.13. The van der Waals surface area contributed by atoms with E-state index in [1.54, 1.807) is 12.1 Å².